The molecule has 140 valence electrons. The van der Waals surface area contributed by atoms with Gasteiger partial charge < -0.3 is 5.73 Å². The highest BCUT2D eigenvalue weighted by Crippen LogP contribution is 2.40. The van der Waals surface area contributed by atoms with Gasteiger partial charge in [0, 0.05) is 12.6 Å². The number of halogens is 1. The molecule has 0 fully saturated rings. The van der Waals surface area contributed by atoms with Gasteiger partial charge in [-0.25, -0.2) is 9.38 Å². The summed E-state index contributed by atoms with van der Waals surface area (Å²) in [7, 11) is 1.61. The van der Waals surface area contributed by atoms with Gasteiger partial charge in [-0.2, -0.15) is 0 Å². The second-order valence-corrected chi connectivity index (χ2v) is 6.97. The van der Waals surface area contributed by atoms with Crippen molar-refractivity contribution in [3.63, 3.8) is 0 Å². The van der Waals surface area contributed by atoms with Crippen LogP contribution in [0.4, 0.5) is 4.39 Å². The van der Waals surface area contributed by atoms with E-state index >= 15 is 0 Å². The van der Waals surface area contributed by atoms with Crippen LogP contribution in [0.3, 0.4) is 0 Å². The number of benzene rings is 3. The molecule has 1 atom stereocenters. The molecule has 0 aliphatic carbocycles. The lowest BCUT2D eigenvalue weighted by Gasteiger charge is -2.26. The minimum atomic E-state index is -1.28. The normalized spacial score (nSPS) is 19.0. The third-order valence-electron chi connectivity index (χ3n) is 5.15. The maximum absolute atomic E-state index is 14.5. The maximum Gasteiger partial charge on any atom is 0.266 e. The summed E-state index contributed by atoms with van der Waals surface area (Å²) in [6.07, 6.45) is 0. The molecule has 4 rings (SSSR count). The maximum atomic E-state index is 14.5. The summed E-state index contributed by atoms with van der Waals surface area (Å²) in [5.41, 5.74) is 8.10. The first-order chi connectivity index (χ1) is 13.4. The Hall–Kier alpha value is -3.47. The van der Waals surface area contributed by atoms with E-state index in [9.17, 15) is 9.18 Å². The van der Waals surface area contributed by atoms with Gasteiger partial charge in [-0.3, -0.25) is 9.69 Å². The number of hydrogen-bond acceptors (Lipinski definition) is 3. The third-order valence-corrected chi connectivity index (χ3v) is 5.15. The summed E-state index contributed by atoms with van der Waals surface area (Å²) < 4.78 is 14.5. The van der Waals surface area contributed by atoms with E-state index in [0.29, 0.717) is 22.3 Å². The second-order valence-electron chi connectivity index (χ2n) is 6.97. The zero-order chi connectivity index (χ0) is 19.9. The summed E-state index contributed by atoms with van der Waals surface area (Å²) in [4.78, 5) is 19.2. The molecule has 0 saturated carbocycles. The van der Waals surface area contributed by atoms with Gasteiger partial charge in [0.25, 0.3) is 5.91 Å². The molecule has 3 aromatic rings. The highest BCUT2D eigenvalue weighted by molar-refractivity contribution is 6.09. The Labute approximate surface area is 163 Å². The zero-order valence-electron chi connectivity index (χ0n) is 15.7. The SMILES string of the molecule is Cc1ccc(-c2cccc(C3(c4ccccc4)N=C(N)N(C)C3=O)c2)c(F)c1. The number of aryl methyl sites for hydroxylation is 1. The van der Waals surface area contributed by atoms with Gasteiger partial charge in [0.1, 0.15) is 5.82 Å². The van der Waals surface area contributed by atoms with Gasteiger partial charge >= 0.3 is 0 Å². The topological polar surface area (TPSA) is 58.7 Å². The summed E-state index contributed by atoms with van der Waals surface area (Å²) in [6.45, 7) is 1.85. The summed E-state index contributed by atoms with van der Waals surface area (Å²) >= 11 is 0. The molecule has 0 saturated heterocycles. The number of amides is 1. The Morgan fingerprint density at radius 3 is 2.32 bits per heavy atom. The highest BCUT2D eigenvalue weighted by Gasteiger charge is 2.49. The fraction of sp³-hybridized carbons (Fsp3) is 0.130. The Morgan fingerprint density at radius 2 is 1.68 bits per heavy atom. The van der Waals surface area contributed by atoms with Crippen molar-refractivity contribution in [2.24, 2.45) is 10.7 Å². The molecule has 2 N–H and O–H groups in total. The van der Waals surface area contributed by atoms with Crippen molar-refractivity contribution in [2.75, 3.05) is 7.05 Å². The van der Waals surface area contributed by atoms with E-state index < -0.39 is 5.54 Å². The van der Waals surface area contributed by atoms with E-state index in [0.717, 1.165) is 5.56 Å². The lowest BCUT2D eigenvalue weighted by Crippen LogP contribution is -2.41. The van der Waals surface area contributed by atoms with Gasteiger partial charge in [0.05, 0.1) is 0 Å². The molecule has 1 aliphatic rings. The summed E-state index contributed by atoms with van der Waals surface area (Å²) in [6, 6.07) is 21.7. The van der Waals surface area contributed by atoms with Crippen LogP contribution in [0.2, 0.25) is 0 Å². The van der Waals surface area contributed by atoms with E-state index in [1.807, 2.05) is 67.6 Å². The van der Waals surface area contributed by atoms with Gasteiger partial charge in [0.15, 0.2) is 11.5 Å². The van der Waals surface area contributed by atoms with E-state index in [1.165, 1.54) is 11.0 Å². The molecule has 1 heterocycles. The predicted octanol–water partition coefficient (Wildman–Crippen LogP) is 3.83. The standard InChI is InChI=1S/C23H20FN3O/c1-15-11-12-19(20(24)13-15)16-7-6-10-18(14-16)23(17-8-4-3-5-9-17)21(28)27(2)22(25)26-23/h3-14H,1-2H3,(H2,25,26). The van der Waals surface area contributed by atoms with Crippen LogP contribution in [0.15, 0.2) is 77.8 Å². The van der Waals surface area contributed by atoms with Crippen LogP contribution in [0.1, 0.15) is 16.7 Å². The largest absolute Gasteiger partial charge is 0.369 e. The van der Waals surface area contributed by atoms with Crippen LogP contribution in [-0.4, -0.2) is 23.8 Å². The van der Waals surface area contributed by atoms with Crippen molar-refractivity contribution < 1.29 is 9.18 Å². The molecule has 28 heavy (non-hydrogen) atoms. The molecule has 0 bridgehead atoms. The van der Waals surface area contributed by atoms with Gasteiger partial charge in [0.2, 0.25) is 0 Å². The van der Waals surface area contributed by atoms with Crippen molar-refractivity contribution in [1.29, 1.82) is 0 Å². The molecular weight excluding hydrogens is 353 g/mol. The van der Waals surface area contributed by atoms with Crippen molar-refractivity contribution >= 4 is 11.9 Å². The lowest BCUT2D eigenvalue weighted by atomic mass is 9.81. The average Bonchev–Trinajstić information content (AvgIpc) is 2.94. The molecule has 4 nitrogen and oxygen atoms in total. The first-order valence-electron chi connectivity index (χ1n) is 8.99. The minimum Gasteiger partial charge on any atom is -0.369 e. The van der Waals surface area contributed by atoms with Gasteiger partial charge in [-0.1, -0.05) is 60.7 Å². The van der Waals surface area contributed by atoms with Crippen molar-refractivity contribution in [1.82, 2.24) is 4.90 Å². The fourth-order valence-corrected chi connectivity index (χ4v) is 3.63. The molecule has 0 aromatic heterocycles. The Bertz CT molecular complexity index is 1090. The highest BCUT2D eigenvalue weighted by atomic mass is 19.1. The monoisotopic (exact) mass is 373 g/mol. The molecule has 1 unspecified atom stereocenters. The smallest absolute Gasteiger partial charge is 0.266 e. The Kier molecular flexibility index (Phi) is 4.23. The quantitative estimate of drug-likeness (QED) is 0.758. The number of guanidine groups is 1. The van der Waals surface area contributed by atoms with E-state index in [4.69, 9.17) is 5.73 Å². The second kappa shape index (κ2) is 6.60. The van der Waals surface area contributed by atoms with E-state index in [-0.39, 0.29) is 17.7 Å². The molecule has 1 amide bonds. The zero-order valence-corrected chi connectivity index (χ0v) is 15.7. The summed E-state index contributed by atoms with van der Waals surface area (Å²) in [5.74, 6) is -0.387. The molecule has 5 heteroatoms. The molecular formula is C23H20FN3O. The minimum absolute atomic E-state index is 0.153. The number of likely N-dealkylation sites (N-methyl/N-ethyl adjacent to an activating group) is 1. The number of rotatable bonds is 3. The van der Waals surface area contributed by atoms with Crippen LogP contribution in [-0.2, 0) is 10.3 Å². The number of aliphatic imine (C=N–C) groups is 1. The number of carbonyl (C=O) groups excluding carboxylic acids is 1. The van der Waals surface area contributed by atoms with Crippen LogP contribution in [0, 0.1) is 12.7 Å². The first-order valence-corrected chi connectivity index (χ1v) is 8.99. The third kappa shape index (κ3) is 2.67. The Morgan fingerprint density at radius 1 is 0.964 bits per heavy atom. The first kappa shape index (κ1) is 17.9. The predicted molar refractivity (Wildman–Crippen MR) is 108 cm³/mol. The van der Waals surface area contributed by atoms with Gasteiger partial charge in [-0.05, 0) is 41.3 Å². The van der Waals surface area contributed by atoms with Crippen LogP contribution < -0.4 is 5.73 Å². The number of hydrogen-bond donors (Lipinski definition) is 1. The van der Waals surface area contributed by atoms with E-state index in [1.54, 1.807) is 13.1 Å². The van der Waals surface area contributed by atoms with E-state index in [2.05, 4.69) is 4.99 Å². The number of nitrogens with two attached hydrogens (primary N) is 1. The summed E-state index contributed by atoms with van der Waals surface area (Å²) in [5, 5.41) is 0. The number of nitrogens with zero attached hydrogens (tertiary/aromatic N) is 2. The van der Waals surface area contributed by atoms with Crippen molar-refractivity contribution in [3.05, 3.63) is 95.3 Å². The fourth-order valence-electron chi connectivity index (χ4n) is 3.63. The molecule has 1 aliphatic heterocycles. The van der Waals surface area contributed by atoms with Crippen LogP contribution in [0.25, 0.3) is 11.1 Å². The molecule has 0 spiro atoms. The molecule has 3 aromatic carbocycles. The van der Waals surface area contributed by atoms with Gasteiger partial charge in [-0.15, -0.1) is 0 Å². The van der Waals surface area contributed by atoms with Crippen LogP contribution in [0.5, 0.6) is 0 Å². The average molecular weight is 373 g/mol. The lowest BCUT2D eigenvalue weighted by molar-refractivity contribution is -0.129. The Balaban J connectivity index is 1.94. The van der Waals surface area contributed by atoms with Crippen molar-refractivity contribution in [2.45, 2.75) is 12.5 Å². The van der Waals surface area contributed by atoms with Crippen LogP contribution >= 0.6 is 0 Å². The number of carbonyl (C=O) groups is 1. The molecule has 0 radical (unpaired) electrons. The van der Waals surface area contributed by atoms with Crippen molar-refractivity contribution in [3.8, 4) is 11.1 Å².